The molecule has 0 unspecified atom stereocenters. The van der Waals surface area contributed by atoms with Gasteiger partial charge in [0.25, 0.3) is 0 Å². The maximum absolute atomic E-state index is 5.80. The molecule has 0 N–H and O–H groups in total. The molecular formula is C15H21NO. The van der Waals surface area contributed by atoms with E-state index in [1.807, 2.05) is 23.3 Å². The van der Waals surface area contributed by atoms with Crippen LogP contribution in [0.25, 0.3) is 5.70 Å². The Hall–Kier alpha value is -1.28. The fourth-order valence-corrected chi connectivity index (χ4v) is 2.24. The average Bonchev–Trinajstić information content (AvgIpc) is 2.84. The van der Waals surface area contributed by atoms with Gasteiger partial charge in [-0.25, -0.2) is 0 Å². The quantitative estimate of drug-likeness (QED) is 0.783. The predicted molar refractivity (Wildman–Crippen MR) is 71.1 cm³/mol. The second kappa shape index (κ2) is 4.92. The van der Waals surface area contributed by atoms with Gasteiger partial charge in [-0.05, 0) is 18.4 Å². The van der Waals surface area contributed by atoms with Crippen molar-refractivity contribution in [1.29, 1.82) is 0 Å². The van der Waals surface area contributed by atoms with Crippen LogP contribution in [0.2, 0.25) is 0 Å². The normalized spacial score (nSPS) is 18.4. The third kappa shape index (κ3) is 2.37. The highest BCUT2D eigenvalue weighted by Crippen LogP contribution is 2.36. The molecule has 1 aliphatic rings. The molecular weight excluding hydrogens is 210 g/mol. The van der Waals surface area contributed by atoms with Crippen molar-refractivity contribution in [3.63, 3.8) is 0 Å². The van der Waals surface area contributed by atoms with Gasteiger partial charge in [-0.1, -0.05) is 50.8 Å². The lowest BCUT2D eigenvalue weighted by Gasteiger charge is -2.24. The molecule has 0 aliphatic carbocycles. The maximum Gasteiger partial charge on any atom is 0.0822 e. The van der Waals surface area contributed by atoms with E-state index in [0.717, 1.165) is 37.3 Å². The molecule has 1 saturated heterocycles. The summed E-state index contributed by atoms with van der Waals surface area (Å²) in [4.78, 5) is 5.80. The first-order valence-corrected chi connectivity index (χ1v) is 6.35. The van der Waals surface area contributed by atoms with Gasteiger partial charge in [0.2, 0.25) is 0 Å². The van der Waals surface area contributed by atoms with Gasteiger partial charge in [-0.2, -0.15) is 0 Å². The van der Waals surface area contributed by atoms with Crippen LogP contribution in [-0.4, -0.2) is 18.2 Å². The van der Waals surface area contributed by atoms with E-state index in [0.29, 0.717) is 5.41 Å². The van der Waals surface area contributed by atoms with Crippen LogP contribution in [0.5, 0.6) is 0 Å². The van der Waals surface area contributed by atoms with Crippen LogP contribution in [0.3, 0.4) is 0 Å². The topological polar surface area (TPSA) is 12.5 Å². The Bertz CT molecular complexity index is 381. The van der Waals surface area contributed by atoms with Crippen molar-refractivity contribution in [2.75, 3.05) is 13.2 Å². The minimum atomic E-state index is 0.303. The van der Waals surface area contributed by atoms with E-state index >= 15 is 0 Å². The first kappa shape index (κ1) is 12.2. The van der Waals surface area contributed by atoms with Gasteiger partial charge in [0, 0.05) is 5.41 Å². The Labute approximate surface area is 104 Å². The summed E-state index contributed by atoms with van der Waals surface area (Å²) in [6, 6.07) is 10.2. The molecule has 0 spiro atoms. The zero-order chi connectivity index (χ0) is 12.3. The minimum absolute atomic E-state index is 0.303. The van der Waals surface area contributed by atoms with Gasteiger partial charge >= 0.3 is 0 Å². The third-order valence-electron chi connectivity index (χ3n) is 3.91. The highest BCUT2D eigenvalue weighted by atomic mass is 16.7. The summed E-state index contributed by atoms with van der Waals surface area (Å²) in [5, 5.41) is 1.96. The Morgan fingerprint density at radius 3 is 2.47 bits per heavy atom. The van der Waals surface area contributed by atoms with E-state index < -0.39 is 0 Å². The number of hydrogen-bond donors (Lipinski definition) is 0. The van der Waals surface area contributed by atoms with Crippen LogP contribution in [0, 0.1) is 5.41 Å². The fraction of sp³-hybridized carbons (Fsp3) is 0.467. The Balaban J connectivity index is 2.09. The van der Waals surface area contributed by atoms with Crippen LogP contribution in [0.15, 0.2) is 36.9 Å². The summed E-state index contributed by atoms with van der Waals surface area (Å²) in [6.07, 6.45) is 2.31. The zero-order valence-electron chi connectivity index (χ0n) is 10.8. The monoisotopic (exact) mass is 231 g/mol. The molecule has 1 aromatic rings. The Morgan fingerprint density at radius 2 is 1.94 bits per heavy atom. The first-order chi connectivity index (χ1) is 8.21. The lowest BCUT2D eigenvalue weighted by atomic mass is 9.84. The van der Waals surface area contributed by atoms with Gasteiger partial charge in [0.1, 0.15) is 0 Å². The Morgan fingerprint density at radius 1 is 1.29 bits per heavy atom. The fourth-order valence-electron chi connectivity index (χ4n) is 2.24. The van der Waals surface area contributed by atoms with E-state index in [4.69, 9.17) is 4.84 Å². The zero-order valence-corrected chi connectivity index (χ0v) is 10.8. The molecule has 2 heteroatoms. The molecule has 0 bridgehead atoms. The molecule has 17 heavy (non-hydrogen) atoms. The van der Waals surface area contributed by atoms with Crippen molar-refractivity contribution in [2.45, 2.75) is 26.7 Å². The van der Waals surface area contributed by atoms with Crippen molar-refractivity contribution in [3.05, 3.63) is 42.5 Å². The van der Waals surface area contributed by atoms with Gasteiger partial charge in [0.05, 0.1) is 18.8 Å². The molecule has 1 fully saturated rings. The summed E-state index contributed by atoms with van der Waals surface area (Å²) in [5.74, 6) is 0. The van der Waals surface area contributed by atoms with Crippen molar-refractivity contribution < 1.29 is 4.84 Å². The maximum atomic E-state index is 5.80. The van der Waals surface area contributed by atoms with Crippen molar-refractivity contribution in [2.24, 2.45) is 5.41 Å². The largest absolute Gasteiger partial charge is 0.273 e. The highest BCUT2D eigenvalue weighted by Gasteiger charge is 2.37. The second-order valence-electron chi connectivity index (χ2n) is 4.83. The molecule has 2 nitrogen and oxygen atoms in total. The summed E-state index contributed by atoms with van der Waals surface area (Å²) >= 11 is 0. The lowest BCUT2D eigenvalue weighted by molar-refractivity contribution is -0.0568. The lowest BCUT2D eigenvalue weighted by Crippen LogP contribution is -2.26. The van der Waals surface area contributed by atoms with E-state index in [9.17, 15) is 0 Å². The van der Waals surface area contributed by atoms with Gasteiger partial charge in [-0.3, -0.25) is 9.90 Å². The highest BCUT2D eigenvalue weighted by molar-refractivity contribution is 5.61. The van der Waals surface area contributed by atoms with Crippen LogP contribution >= 0.6 is 0 Å². The van der Waals surface area contributed by atoms with E-state index in [-0.39, 0.29) is 0 Å². The molecule has 0 saturated carbocycles. The van der Waals surface area contributed by atoms with Crippen molar-refractivity contribution in [1.82, 2.24) is 5.06 Å². The molecule has 92 valence electrons. The average molecular weight is 231 g/mol. The molecule has 1 aliphatic heterocycles. The molecule has 0 radical (unpaired) electrons. The van der Waals surface area contributed by atoms with Crippen LogP contribution in [0.4, 0.5) is 0 Å². The number of rotatable bonds is 4. The first-order valence-electron chi connectivity index (χ1n) is 6.35. The SMILES string of the molecule is C=C(c1ccccc1)N1CC(CC)(CC)CO1. The molecule has 2 rings (SSSR count). The van der Waals surface area contributed by atoms with Crippen LogP contribution < -0.4 is 0 Å². The summed E-state index contributed by atoms with van der Waals surface area (Å²) < 4.78 is 0. The van der Waals surface area contributed by atoms with Crippen molar-refractivity contribution in [3.8, 4) is 0 Å². The van der Waals surface area contributed by atoms with Crippen molar-refractivity contribution >= 4 is 5.70 Å². The van der Waals surface area contributed by atoms with E-state index in [1.165, 1.54) is 0 Å². The molecule has 1 heterocycles. The standard InChI is InChI=1S/C15H21NO/c1-4-15(5-2)11-16(17-12-15)13(3)14-9-7-6-8-10-14/h6-10H,3-5,11-12H2,1-2H3. The minimum Gasteiger partial charge on any atom is -0.273 e. The molecule has 0 aromatic heterocycles. The predicted octanol–water partition coefficient (Wildman–Crippen LogP) is 3.71. The third-order valence-corrected chi connectivity index (χ3v) is 3.91. The number of nitrogens with zero attached hydrogens (tertiary/aromatic N) is 1. The summed E-state index contributed by atoms with van der Waals surface area (Å²) in [7, 11) is 0. The summed E-state index contributed by atoms with van der Waals surface area (Å²) in [6.45, 7) is 10.4. The van der Waals surface area contributed by atoms with Gasteiger partial charge in [-0.15, -0.1) is 0 Å². The molecule has 1 aromatic carbocycles. The second-order valence-corrected chi connectivity index (χ2v) is 4.83. The molecule has 0 amide bonds. The molecule has 0 atom stereocenters. The van der Waals surface area contributed by atoms with E-state index in [1.54, 1.807) is 0 Å². The number of hydrogen-bond acceptors (Lipinski definition) is 2. The summed E-state index contributed by atoms with van der Waals surface area (Å²) in [5.41, 5.74) is 2.41. The Kier molecular flexibility index (Phi) is 3.53. The number of benzene rings is 1. The van der Waals surface area contributed by atoms with Crippen LogP contribution in [-0.2, 0) is 4.84 Å². The smallest absolute Gasteiger partial charge is 0.0822 e. The van der Waals surface area contributed by atoms with Crippen LogP contribution in [0.1, 0.15) is 32.3 Å². The van der Waals surface area contributed by atoms with Gasteiger partial charge < -0.3 is 0 Å². The number of hydroxylamine groups is 2. The van der Waals surface area contributed by atoms with Gasteiger partial charge in [0.15, 0.2) is 0 Å². The van der Waals surface area contributed by atoms with E-state index in [2.05, 4.69) is 32.6 Å².